The van der Waals surface area contributed by atoms with E-state index in [0.717, 1.165) is 32.1 Å². The zero-order valence-electron chi connectivity index (χ0n) is 12.8. The molecular weight excluding hydrogens is 366 g/mol. The van der Waals surface area contributed by atoms with E-state index >= 15 is 0 Å². The Balaban J connectivity index is 1.76. The maximum atomic E-state index is 11.7. The van der Waals surface area contributed by atoms with Gasteiger partial charge >= 0.3 is 5.95 Å². The first-order chi connectivity index (χ1) is 10.8. The number of aromatic nitrogens is 3. The molecule has 9 heteroatoms. The minimum atomic E-state index is -0.564. The van der Waals surface area contributed by atoms with Crippen LogP contribution in [0.4, 0.5) is 5.95 Å². The molecule has 4 aliphatic carbocycles. The van der Waals surface area contributed by atoms with Gasteiger partial charge in [0.15, 0.2) is 0 Å². The van der Waals surface area contributed by atoms with Crippen molar-refractivity contribution < 1.29 is 9.72 Å². The van der Waals surface area contributed by atoms with Gasteiger partial charge in [-0.15, -0.1) is 0 Å². The molecule has 23 heavy (non-hydrogen) atoms. The molecule has 0 aliphatic heterocycles. The van der Waals surface area contributed by atoms with Crippen molar-refractivity contribution in [1.29, 1.82) is 0 Å². The second-order valence-corrected chi connectivity index (χ2v) is 8.21. The minimum Gasteiger partial charge on any atom is -0.390 e. The standard InChI is InChI=1S/C14H18BrN5O3/c1-8(21)17-13-3-9-2-10(4-13)6-14(5-9,7-13)19-11(15)16-12(18-19)20(22)23/h9-10H,2-7H2,1H3,(H,17,21). The third kappa shape index (κ3) is 2.28. The highest BCUT2D eigenvalue weighted by molar-refractivity contribution is 9.10. The Morgan fingerprint density at radius 3 is 2.57 bits per heavy atom. The molecule has 0 aromatic carbocycles. The molecule has 0 saturated heterocycles. The molecule has 1 aromatic rings. The van der Waals surface area contributed by atoms with E-state index in [1.54, 1.807) is 11.6 Å². The van der Waals surface area contributed by atoms with Crippen molar-refractivity contribution in [3.8, 4) is 0 Å². The van der Waals surface area contributed by atoms with Crippen molar-refractivity contribution in [2.45, 2.75) is 56.5 Å². The van der Waals surface area contributed by atoms with Gasteiger partial charge in [-0.05, 0) is 60.3 Å². The van der Waals surface area contributed by atoms with Crippen LogP contribution in [0, 0.1) is 22.0 Å². The molecule has 124 valence electrons. The van der Waals surface area contributed by atoms with Gasteiger partial charge in [-0.25, -0.2) is 0 Å². The summed E-state index contributed by atoms with van der Waals surface area (Å²) in [6.45, 7) is 1.56. The average molecular weight is 384 g/mol. The van der Waals surface area contributed by atoms with E-state index in [-0.39, 0.29) is 22.9 Å². The quantitative estimate of drug-likeness (QED) is 0.635. The van der Waals surface area contributed by atoms with Crippen molar-refractivity contribution in [3.05, 3.63) is 14.8 Å². The lowest BCUT2D eigenvalue weighted by atomic mass is 9.50. The molecule has 4 fully saturated rings. The highest BCUT2D eigenvalue weighted by Crippen LogP contribution is 2.60. The maximum Gasteiger partial charge on any atom is 0.492 e. The highest BCUT2D eigenvalue weighted by atomic mass is 79.9. The van der Waals surface area contributed by atoms with Crippen LogP contribution in [-0.4, -0.2) is 31.1 Å². The zero-order valence-corrected chi connectivity index (χ0v) is 14.4. The van der Waals surface area contributed by atoms with Crippen LogP contribution in [0.25, 0.3) is 0 Å². The van der Waals surface area contributed by atoms with E-state index in [1.165, 1.54) is 6.42 Å². The Bertz CT molecular complexity index is 689. The van der Waals surface area contributed by atoms with Crippen LogP contribution in [0.3, 0.4) is 0 Å². The van der Waals surface area contributed by atoms with Gasteiger partial charge in [-0.1, -0.05) is 0 Å². The van der Waals surface area contributed by atoms with Gasteiger partial charge in [0.25, 0.3) is 4.73 Å². The molecule has 0 radical (unpaired) electrons. The molecule has 1 amide bonds. The average Bonchev–Trinajstić information content (AvgIpc) is 2.78. The molecule has 2 atom stereocenters. The largest absolute Gasteiger partial charge is 0.492 e. The lowest BCUT2D eigenvalue weighted by molar-refractivity contribution is -0.394. The van der Waals surface area contributed by atoms with Crippen LogP contribution in [-0.2, 0) is 10.3 Å². The Morgan fingerprint density at radius 2 is 2.04 bits per heavy atom. The maximum absolute atomic E-state index is 11.7. The zero-order chi connectivity index (χ0) is 16.4. The number of hydrogen-bond acceptors (Lipinski definition) is 5. The topological polar surface area (TPSA) is 103 Å². The lowest BCUT2D eigenvalue weighted by Gasteiger charge is -2.61. The van der Waals surface area contributed by atoms with Crippen LogP contribution in [0.15, 0.2) is 4.73 Å². The number of carbonyl (C=O) groups excluding carboxylic acids is 1. The van der Waals surface area contributed by atoms with Crippen molar-refractivity contribution in [2.24, 2.45) is 11.8 Å². The molecule has 0 spiro atoms. The number of halogens is 1. The molecule has 4 bridgehead atoms. The predicted molar refractivity (Wildman–Crippen MR) is 83.6 cm³/mol. The smallest absolute Gasteiger partial charge is 0.390 e. The first-order valence-electron chi connectivity index (χ1n) is 7.87. The number of nitrogens with zero attached hydrogens (tertiary/aromatic N) is 4. The Labute approximate surface area is 141 Å². The second-order valence-electron chi connectivity index (χ2n) is 7.50. The van der Waals surface area contributed by atoms with Crippen LogP contribution in [0.1, 0.15) is 45.4 Å². The molecule has 2 unspecified atom stereocenters. The van der Waals surface area contributed by atoms with Crippen LogP contribution < -0.4 is 5.32 Å². The monoisotopic (exact) mass is 383 g/mol. The van der Waals surface area contributed by atoms with E-state index in [9.17, 15) is 14.9 Å². The van der Waals surface area contributed by atoms with Crippen LogP contribution >= 0.6 is 15.9 Å². The van der Waals surface area contributed by atoms with Gasteiger partial charge in [-0.3, -0.25) is 4.79 Å². The molecule has 5 rings (SSSR count). The number of nitro groups is 1. The van der Waals surface area contributed by atoms with Crippen molar-refractivity contribution in [3.63, 3.8) is 0 Å². The lowest BCUT2D eigenvalue weighted by Crippen LogP contribution is -2.65. The van der Waals surface area contributed by atoms with E-state index in [2.05, 4.69) is 31.3 Å². The van der Waals surface area contributed by atoms with E-state index < -0.39 is 4.92 Å². The summed E-state index contributed by atoms with van der Waals surface area (Å²) in [5.41, 5.74) is -0.483. The molecule has 1 aromatic heterocycles. The number of amides is 1. The van der Waals surface area contributed by atoms with Gasteiger partial charge in [0.05, 0.1) is 5.54 Å². The summed E-state index contributed by atoms with van der Waals surface area (Å²) in [6, 6.07) is 0. The van der Waals surface area contributed by atoms with Gasteiger partial charge < -0.3 is 15.4 Å². The molecule has 1 N–H and O–H groups in total. The predicted octanol–water partition coefficient (Wildman–Crippen LogP) is 2.13. The normalized spacial score (nSPS) is 37.8. The van der Waals surface area contributed by atoms with Crippen molar-refractivity contribution in [2.75, 3.05) is 0 Å². The Morgan fingerprint density at radius 1 is 1.39 bits per heavy atom. The summed E-state index contributed by atoms with van der Waals surface area (Å²) in [5.74, 6) is 0.670. The highest BCUT2D eigenvalue weighted by Gasteiger charge is 2.60. The summed E-state index contributed by atoms with van der Waals surface area (Å²) >= 11 is 3.34. The third-order valence-electron chi connectivity index (χ3n) is 5.64. The number of rotatable bonds is 3. The molecule has 4 aliphatic rings. The molecular formula is C14H18BrN5O3. The van der Waals surface area contributed by atoms with Gasteiger partial charge in [0.2, 0.25) is 5.91 Å². The van der Waals surface area contributed by atoms with E-state index in [1.807, 2.05) is 0 Å². The number of hydrogen-bond donors (Lipinski definition) is 1. The Kier molecular flexibility index (Phi) is 3.11. The molecule has 1 heterocycles. The fraction of sp³-hybridized carbons (Fsp3) is 0.786. The first-order valence-corrected chi connectivity index (χ1v) is 8.66. The summed E-state index contributed by atoms with van der Waals surface area (Å²) in [6.07, 6.45) is 5.84. The van der Waals surface area contributed by atoms with Crippen LogP contribution in [0.2, 0.25) is 0 Å². The second kappa shape index (κ2) is 4.75. The number of carbonyl (C=O) groups is 1. The summed E-state index contributed by atoms with van der Waals surface area (Å²) in [5, 5.41) is 18.3. The summed E-state index contributed by atoms with van der Waals surface area (Å²) in [4.78, 5) is 26.0. The SMILES string of the molecule is CC(=O)NC12CC3CC(C1)CC(n1nc([N+](=O)[O-])nc1Br)(C3)C2. The van der Waals surface area contributed by atoms with Gasteiger partial charge in [-0.2, -0.15) is 4.68 Å². The van der Waals surface area contributed by atoms with Crippen LogP contribution in [0.5, 0.6) is 0 Å². The van der Waals surface area contributed by atoms with E-state index in [4.69, 9.17) is 0 Å². The van der Waals surface area contributed by atoms with Crippen molar-refractivity contribution >= 4 is 27.8 Å². The molecule has 8 nitrogen and oxygen atoms in total. The van der Waals surface area contributed by atoms with Gasteiger partial charge in [0.1, 0.15) is 0 Å². The third-order valence-corrected chi connectivity index (χ3v) is 6.15. The fourth-order valence-corrected chi connectivity index (χ4v) is 6.26. The van der Waals surface area contributed by atoms with E-state index in [0.29, 0.717) is 16.6 Å². The first kappa shape index (κ1) is 15.0. The minimum absolute atomic E-state index is 0.00858. The van der Waals surface area contributed by atoms with Crippen molar-refractivity contribution in [1.82, 2.24) is 20.1 Å². The summed E-state index contributed by atoms with van der Waals surface area (Å²) < 4.78 is 2.11. The Hall–Kier alpha value is -1.51. The summed E-state index contributed by atoms with van der Waals surface area (Å²) in [7, 11) is 0. The number of nitrogens with one attached hydrogen (secondary N) is 1. The fourth-order valence-electron chi connectivity index (χ4n) is 5.64. The van der Waals surface area contributed by atoms with Gasteiger partial charge in [0, 0.05) is 33.5 Å². The molecule has 4 saturated carbocycles.